The van der Waals surface area contributed by atoms with Gasteiger partial charge in [-0.05, 0) is 51.0 Å². The first-order valence-electron chi connectivity index (χ1n) is 7.46. The third-order valence-electron chi connectivity index (χ3n) is 3.80. The minimum atomic E-state index is -0.101. The third-order valence-corrected chi connectivity index (χ3v) is 3.80. The Kier molecular flexibility index (Phi) is 4.20. The van der Waals surface area contributed by atoms with Gasteiger partial charge >= 0.3 is 0 Å². The van der Waals surface area contributed by atoms with E-state index in [4.69, 9.17) is 9.26 Å². The summed E-state index contributed by atoms with van der Waals surface area (Å²) in [7, 11) is 0. The van der Waals surface area contributed by atoms with Crippen molar-refractivity contribution in [3.63, 3.8) is 0 Å². The minimum Gasteiger partial charge on any atom is -0.376 e. The quantitative estimate of drug-likeness (QED) is 0.938. The summed E-state index contributed by atoms with van der Waals surface area (Å²) in [5.74, 6) is 0.940. The first-order chi connectivity index (χ1) is 10.6. The van der Waals surface area contributed by atoms with E-state index in [0.29, 0.717) is 17.3 Å². The van der Waals surface area contributed by atoms with Crippen LogP contribution in [0.25, 0.3) is 11.5 Å². The second-order valence-electron chi connectivity index (χ2n) is 5.54. The van der Waals surface area contributed by atoms with E-state index in [-0.39, 0.29) is 18.1 Å². The van der Waals surface area contributed by atoms with Gasteiger partial charge in [-0.25, -0.2) is 0 Å². The number of amides is 1. The molecule has 2 atom stereocenters. The molecule has 22 heavy (non-hydrogen) atoms. The van der Waals surface area contributed by atoms with Gasteiger partial charge in [-0.15, -0.1) is 0 Å². The van der Waals surface area contributed by atoms with Crippen LogP contribution in [0.4, 0.5) is 0 Å². The van der Waals surface area contributed by atoms with Crippen LogP contribution in [0.15, 0.2) is 28.8 Å². The number of carbonyl (C=O) groups excluding carboxylic acids is 1. The van der Waals surface area contributed by atoms with E-state index < -0.39 is 0 Å². The van der Waals surface area contributed by atoms with Gasteiger partial charge in [0.15, 0.2) is 5.82 Å². The van der Waals surface area contributed by atoms with Crippen LogP contribution >= 0.6 is 0 Å². The Balaban J connectivity index is 1.65. The third kappa shape index (κ3) is 3.17. The predicted molar refractivity (Wildman–Crippen MR) is 80.4 cm³/mol. The molecule has 1 N–H and O–H groups in total. The topological polar surface area (TPSA) is 77.2 Å². The number of ether oxygens (including phenoxy) is 1. The van der Waals surface area contributed by atoms with Crippen LogP contribution in [0, 0.1) is 6.92 Å². The van der Waals surface area contributed by atoms with Gasteiger partial charge in [0.1, 0.15) is 0 Å². The van der Waals surface area contributed by atoms with E-state index in [0.717, 1.165) is 25.0 Å². The van der Waals surface area contributed by atoms with Crippen molar-refractivity contribution >= 4 is 5.91 Å². The standard InChI is InChI=1S/C16H19N3O3/c1-10(14-4-3-9-21-14)17-15(20)12-5-7-13(8-6-12)16-18-11(2)19-22-16/h5-8,10,14H,3-4,9H2,1-2H3,(H,17,20)/t10-,14+/m1/s1. The van der Waals surface area contributed by atoms with Gasteiger partial charge < -0.3 is 14.6 Å². The molecular formula is C16H19N3O3. The highest BCUT2D eigenvalue weighted by atomic mass is 16.5. The number of carbonyl (C=O) groups is 1. The molecule has 1 aromatic heterocycles. The molecule has 1 aliphatic rings. The predicted octanol–water partition coefficient (Wildman–Crippen LogP) is 2.34. The van der Waals surface area contributed by atoms with Crippen molar-refractivity contribution in [3.8, 4) is 11.5 Å². The number of hydrogen-bond acceptors (Lipinski definition) is 5. The molecule has 2 heterocycles. The van der Waals surface area contributed by atoms with Crippen LogP contribution < -0.4 is 5.32 Å². The molecule has 2 aromatic rings. The summed E-state index contributed by atoms with van der Waals surface area (Å²) in [6, 6.07) is 7.13. The molecule has 6 nitrogen and oxygen atoms in total. The lowest BCUT2D eigenvalue weighted by molar-refractivity contribution is 0.0712. The lowest BCUT2D eigenvalue weighted by Crippen LogP contribution is -2.40. The Labute approximate surface area is 128 Å². The summed E-state index contributed by atoms with van der Waals surface area (Å²) in [5, 5.41) is 6.74. The van der Waals surface area contributed by atoms with Crippen LogP contribution in [-0.4, -0.2) is 34.8 Å². The average molecular weight is 301 g/mol. The second-order valence-corrected chi connectivity index (χ2v) is 5.54. The van der Waals surface area contributed by atoms with Crippen molar-refractivity contribution in [2.75, 3.05) is 6.61 Å². The van der Waals surface area contributed by atoms with Gasteiger partial charge in [-0.2, -0.15) is 4.98 Å². The molecule has 1 aromatic carbocycles. The van der Waals surface area contributed by atoms with Crippen molar-refractivity contribution in [1.82, 2.24) is 15.5 Å². The molecule has 1 amide bonds. The molecule has 0 aliphatic carbocycles. The largest absolute Gasteiger partial charge is 0.376 e. The van der Waals surface area contributed by atoms with E-state index in [9.17, 15) is 4.79 Å². The van der Waals surface area contributed by atoms with Gasteiger partial charge in [0.05, 0.1) is 12.1 Å². The van der Waals surface area contributed by atoms with Crippen LogP contribution in [-0.2, 0) is 4.74 Å². The van der Waals surface area contributed by atoms with Crippen LogP contribution in [0.1, 0.15) is 35.9 Å². The second kappa shape index (κ2) is 6.27. The number of nitrogens with zero attached hydrogens (tertiary/aromatic N) is 2. The van der Waals surface area contributed by atoms with E-state index in [1.807, 2.05) is 6.92 Å². The number of aromatic nitrogens is 2. The monoisotopic (exact) mass is 301 g/mol. The fourth-order valence-corrected chi connectivity index (χ4v) is 2.56. The maximum atomic E-state index is 12.2. The molecule has 0 radical (unpaired) electrons. The number of benzene rings is 1. The van der Waals surface area contributed by atoms with E-state index in [1.54, 1.807) is 31.2 Å². The maximum absolute atomic E-state index is 12.2. The summed E-state index contributed by atoms with van der Waals surface area (Å²) in [6.45, 7) is 4.52. The molecule has 1 aliphatic heterocycles. The lowest BCUT2D eigenvalue weighted by atomic mass is 10.1. The van der Waals surface area contributed by atoms with Gasteiger partial charge in [0, 0.05) is 17.7 Å². The molecule has 0 saturated carbocycles. The van der Waals surface area contributed by atoms with E-state index >= 15 is 0 Å². The van der Waals surface area contributed by atoms with Crippen molar-refractivity contribution in [1.29, 1.82) is 0 Å². The summed E-state index contributed by atoms with van der Waals surface area (Å²) in [4.78, 5) is 16.4. The Hall–Kier alpha value is -2.21. The van der Waals surface area contributed by atoms with Crippen molar-refractivity contribution in [3.05, 3.63) is 35.7 Å². The zero-order valence-electron chi connectivity index (χ0n) is 12.7. The summed E-state index contributed by atoms with van der Waals surface area (Å²) in [6.07, 6.45) is 2.17. The van der Waals surface area contributed by atoms with E-state index in [2.05, 4.69) is 15.5 Å². The van der Waals surface area contributed by atoms with Crippen LogP contribution in [0.2, 0.25) is 0 Å². The maximum Gasteiger partial charge on any atom is 0.257 e. The van der Waals surface area contributed by atoms with Crippen LogP contribution in [0.5, 0.6) is 0 Å². The van der Waals surface area contributed by atoms with Crippen molar-refractivity contribution < 1.29 is 14.1 Å². The fraction of sp³-hybridized carbons (Fsp3) is 0.438. The molecule has 116 valence electrons. The zero-order chi connectivity index (χ0) is 15.5. The highest BCUT2D eigenvalue weighted by Crippen LogP contribution is 2.18. The Morgan fingerprint density at radius 1 is 1.36 bits per heavy atom. The summed E-state index contributed by atoms with van der Waals surface area (Å²) >= 11 is 0. The van der Waals surface area contributed by atoms with Gasteiger partial charge in [0.2, 0.25) is 0 Å². The highest BCUT2D eigenvalue weighted by molar-refractivity contribution is 5.94. The first-order valence-corrected chi connectivity index (χ1v) is 7.46. The van der Waals surface area contributed by atoms with Gasteiger partial charge in [-0.1, -0.05) is 5.16 Å². The highest BCUT2D eigenvalue weighted by Gasteiger charge is 2.24. The normalized spacial score (nSPS) is 19.1. The Bertz CT molecular complexity index is 645. The first kappa shape index (κ1) is 14.7. The zero-order valence-corrected chi connectivity index (χ0v) is 12.7. The summed E-state index contributed by atoms with van der Waals surface area (Å²) in [5.41, 5.74) is 1.40. The Morgan fingerprint density at radius 2 is 2.14 bits per heavy atom. The fourth-order valence-electron chi connectivity index (χ4n) is 2.56. The molecule has 0 spiro atoms. The smallest absolute Gasteiger partial charge is 0.257 e. The van der Waals surface area contributed by atoms with Crippen molar-refractivity contribution in [2.45, 2.75) is 38.8 Å². The lowest BCUT2D eigenvalue weighted by Gasteiger charge is -2.20. The number of aryl methyl sites for hydroxylation is 1. The molecule has 6 heteroatoms. The van der Waals surface area contributed by atoms with Crippen molar-refractivity contribution in [2.24, 2.45) is 0 Å². The number of hydrogen-bond donors (Lipinski definition) is 1. The number of rotatable bonds is 4. The molecule has 1 saturated heterocycles. The molecule has 0 bridgehead atoms. The van der Waals surface area contributed by atoms with Crippen LogP contribution in [0.3, 0.4) is 0 Å². The molecule has 3 rings (SSSR count). The Morgan fingerprint density at radius 3 is 2.73 bits per heavy atom. The molecule has 1 fully saturated rings. The van der Waals surface area contributed by atoms with Gasteiger partial charge in [-0.3, -0.25) is 4.79 Å². The summed E-state index contributed by atoms with van der Waals surface area (Å²) < 4.78 is 10.7. The van der Waals surface area contributed by atoms with E-state index in [1.165, 1.54) is 0 Å². The van der Waals surface area contributed by atoms with Gasteiger partial charge in [0.25, 0.3) is 11.8 Å². The SMILES string of the molecule is Cc1noc(-c2ccc(C(=O)N[C@H](C)[C@@H]3CCCO3)cc2)n1. The number of nitrogens with one attached hydrogen (secondary N) is 1. The molecule has 0 unspecified atom stereocenters. The molecular weight excluding hydrogens is 282 g/mol. The minimum absolute atomic E-state index is 0.00765. The average Bonchev–Trinajstić information content (AvgIpc) is 3.18.